The van der Waals surface area contributed by atoms with E-state index in [1.807, 2.05) is 36.6 Å². The van der Waals surface area contributed by atoms with Crippen LogP contribution in [0.1, 0.15) is 37.7 Å². The number of benzene rings is 2. The van der Waals surface area contributed by atoms with Gasteiger partial charge < -0.3 is 14.0 Å². The van der Waals surface area contributed by atoms with E-state index in [4.69, 9.17) is 9.47 Å². The van der Waals surface area contributed by atoms with E-state index in [2.05, 4.69) is 10.5 Å². The van der Waals surface area contributed by atoms with Crippen molar-refractivity contribution in [3.63, 3.8) is 0 Å². The van der Waals surface area contributed by atoms with Crippen LogP contribution in [0.2, 0.25) is 0 Å². The molecule has 1 amide bonds. The van der Waals surface area contributed by atoms with E-state index in [0.717, 1.165) is 22.6 Å². The number of aryl methyl sites for hydroxylation is 1. The molecule has 30 heavy (non-hydrogen) atoms. The summed E-state index contributed by atoms with van der Waals surface area (Å²) < 4.78 is 12.0. The molecule has 0 saturated carbocycles. The van der Waals surface area contributed by atoms with Crippen molar-refractivity contribution in [3.8, 4) is 11.4 Å². The average molecular weight is 405 g/mol. The minimum atomic E-state index is -0.404. The van der Waals surface area contributed by atoms with Crippen molar-refractivity contribution in [2.45, 2.75) is 13.8 Å². The van der Waals surface area contributed by atoms with Gasteiger partial charge >= 0.3 is 5.97 Å². The van der Waals surface area contributed by atoms with Crippen molar-refractivity contribution in [3.05, 3.63) is 82.7 Å². The number of nitrogens with one attached hydrogen (secondary N) is 1. The molecule has 0 aliphatic carbocycles. The molecule has 2 aromatic carbocycles. The summed E-state index contributed by atoms with van der Waals surface area (Å²) in [6, 6.07) is 16.0. The van der Waals surface area contributed by atoms with E-state index in [-0.39, 0.29) is 5.91 Å². The highest BCUT2D eigenvalue weighted by atomic mass is 16.5. The number of carbonyl (C=O) groups excluding carboxylic acids is 2. The smallest absolute Gasteiger partial charge is 0.339 e. The average Bonchev–Trinajstić information content (AvgIpc) is 3.06. The van der Waals surface area contributed by atoms with Crippen LogP contribution in [-0.4, -0.2) is 36.9 Å². The van der Waals surface area contributed by atoms with E-state index >= 15 is 0 Å². The van der Waals surface area contributed by atoms with Gasteiger partial charge in [-0.25, -0.2) is 10.2 Å². The first-order chi connectivity index (χ1) is 14.5. The summed E-state index contributed by atoms with van der Waals surface area (Å²) in [4.78, 5) is 24.4. The maximum absolute atomic E-state index is 12.3. The monoisotopic (exact) mass is 405 g/mol. The molecular formula is C23H23N3O4. The molecular weight excluding hydrogens is 382 g/mol. The van der Waals surface area contributed by atoms with E-state index < -0.39 is 5.97 Å². The quantitative estimate of drug-likeness (QED) is 0.386. The second kappa shape index (κ2) is 9.09. The Balaban J connectivity index is 1.84. The Kier molecular flexibility index (Phi) is 6.32. The number of aromatic nitrogens is 1. The number of hydrogen-bond acceptors (Lipinski definition) is 5. The molecule has 0 fully saturated rings. The molecule has 0 spiro atoms. The number of methoxy groups -OCH3 is 2. The lowest BCUT2D eigenvalue weighted by Crippen LogP contribution is -2.17. The molecule has 1 N–H and O–H groups in total. The molecule has 0 unspecified atom stereocenters. The number of hydrazone groups is 1. The zero-order chi connectivity index (χ0) is 21.7. The predicted octanol–water partition coefficient (Wildman–Crippen LogP) is 3.65. The van der Waals surface area contributed by atoms with E-state index in [0.29, 0.717) is 16.9 Å². The third kappa shape index (κ3) is 4.25. The molecule has 7 heteroatoms. The third-order valence-corrected chi connectivity index (χ3v) is 4.72. The Bertz CT molecular complexity index is 1120. The number of ether oxygens (including phenoxy) is 2. The maximum atomic E-state index is 12.3. The first kappa shape index (κ1) is 20.9. The molecule has 1 heterocycles. The zero-order valence-corrected chi connectivity index (χ0v) is 17.3. The minimum absolute atomic E-state index is 0.338. The van der Waals surface area contributed by atoms with Gasteiger partial charge in [0.05, 0.1) is 31.7 Å². The van der Waals surface area contributed by atoms with Crippen LogP contribution in [0.3, 0.4) is 0 Å². The molecule has 3 rings (SSSR count). The van der Waals surface area contributed by atoms with Crippen molar-refractivity contribution in [2.75, 3.05) is 14.2 Å². The van der Waals surface area contributed by atoms with E-state index in [1.165, 1.54) is 7.11 Å². The molecule has 1 aromatic heterocycles. The Morgan fingerprint density at radius 1 is 1.03 bits per heavy atom. The van der Waals surface area contributed by atoms with Crippen LogP contribution in [0, 0.1) is 13.8 Å². The van der Waals surface area contributed by atoms with Crippen LogP contribution < -0.4 is 10.2 Å². The van der Waals surface area contributed by atoms with Crippen LogP contribution in [0.5, 0.6) is 5.75 Å². The fourth-order valence-corrected chi connectivity index (χ4v) is 3.23. The summed E-state index contributed by atoms with van der Waals surface area (Å²) >= 11 is 0. The summed E-state index contributed by atoms with van der Waals surface area (Å²) in [5.41, 5.74) is 6.78. The Morgan fingerprint density at radius 2 is 1.80 bits per heavy atom. The highest BCUT2D eigenvalue weighted by Crippen LogP contribution is 2.23. The summed E-state index contributed by atoms with van der Waals surface area (Å²) in [7, 11) is 2.90. The zero-order valence-electron chi connectivity index (χ0n) is 17.3. The number of rotatable bonds is 6. The molecule has 0 aliphatic heterocycles. The van der Waals surface area contributed by atoms with Crippen molar-refractivity contribution >= 4 is 18.1 Å². The number of carbonyl (C=O) groups is 2. The fourth-order valence-electron chi connectivity index (χ4n) is 3.23. The maximum Gasteiger partial charge on any atom is 0.339 e. The number of esters is 1. The van der Waals surface area contributed by atoms with Gasteiger partial charge in [0, 0.05) is 22.5 Å². The third-order valence-electron chi connectivity index (χ3n) is 4.72. The summed E-state index contributed by atoms with van der Waals surface area (Å²) in [6.45, 7) is 3.86. The summed E-state index contributed by atoms with van der Waals surface area (Å²) in [6.07, 6.45) is 1.58. The molecule has 7 nitrogen and oxygen atoms in total. The van der Waals surface area contributed by atoms with Crippen molar-refractivity contribution in [1.29, 1.82) is 0 Å². The largest absolute Gasteiger partial charge is 0.497 e. The minimum Gasteiger partial charge on any atom is -0.497 e. The summed E-state index contributed by atoms with van der Waals surface area (Å²) in [5, 5.41) is 4.09. The Hall–Kier alpha value is -3.87. The number of nitrogens with zero attached hydrogens (tertiary/aromatic N) is 2. The van der Waals surface area contributed by atoms with Gasteiger partial charge in [0.15, 0.2) is 0 Å². The SMILES string of the molecule is COC(=O)c1ccccc1-n1c(C)cc(/C=N\NC(=O)c2cccc(OC)c2)c1C. The molecule has 3 aromatic rings. The van der Waals surface area contributed by atoms with Crippen LogP contribution in [0.25, 0.3) is 5.69 Å². The lowest BCUT2D eigenvalue weighted by atomic mass is 10.1. The highest BCUT2D eigenvalue weighted by Gasteiger charge is 2.17. The molecule has 0 aliphatic rings. The van der Waals surface area contributed by atoms with Gasteiger partial charge in [-0.3, -0.25) is 4.79 Å². The number of amides is 1. The standard InChI is InChI=1S/C23H23N3O4/c1-15-12-18(14-24-25-22(27)17-8-7-9-19(13-17)29-3)16(2)26(15)21-11-6-5-10-20(21)23(28)30-4/h5-14H,1-4H3,(H,25,27)/b24-14-. The van der Waals surface area contributed by atoms with Crippen molar-refractivity contribution in [2.24, 2.45) is 5.10 Å². The molecule has 154 valence electrons. The first-order valence-electron chi connectivity index (χ1n) is 9.30. The van der Waals surface area contributed by atoms with Gasteiger partial charge in [0.1, 0.15) is 5.75 Å². The van der Waals surface area contributed by atoms with E-state index in [1.54, 1.807) is 49.7 Å². The van der Waals surface area contributed by atoms with Crippen molar-refractivity contribution in [1.82, 2.24) is 9.99 Å². The lowest BCUT2D eigenvalue weighted by Gasteiger charge is -2.13. The second-order valence-electron chi connectivity index (χ2n) is 6.60. The van der Waals surface area contributed by atoms with Crippen LogP contribution in [0.4, 0.5) is 0 Å². The molecule has 0 saturated heterocycles. The number of para-hydroxylation sites is 1. The van der Waals surface area contributed by atoms with Crippen LogP contribution in [-0.2, 0) is 4.74 Å². The molecule has 0 bridgehead atoms. The highest BCUT2D eigenvalue weighted by molar-refractivity contribution is 5.96. The second-order valence-corrected chi connectivity index (χ2v) is 6.60. The topological polar surface area (TPSA) is 81.9 Å². The van der Waals surface area contributed by atoms with Gasteiger partial charge in [-0.2, -0.15) is 5.10 Å². The Labute approximate surface area is 174 Å². The van der Waals surface area contributed by atoms with Crippen molar-refractivity contribution < 1.29 is 19.1 Å². The van der Waals surface area contributed by atoms with Gasteiger partial charge in [0.2, 0.25) is 0 Å². The first-order valence-corrected chi connectivity index (χ1v) is 9.30. The van der Waals surface area contributed by atoms with E-state index in [9.17, 15) is 9.59 Å². The lowest BCUT2D eigenvalue weighted by molar-refractivity contribution is 0.0600. The van der Waals surface area contributed by atoms with Crippen LogP contribution >= 0.6 is 0 Å². The van der Waals surface area contributed by atoms with Gasteiger partial charge in [-0.15, -0.1) is 0 Å². The fraction of sp³-hybridized carbons (Fsp3) is 0.174. The van der Waals surface area contributed by atoms with Gasteiger partial charge in [-0.1, -0.05) is 18.2 Å². The number of hydrogen-bond donors (Lipinski definition) is 1. The molecule has 0 radical (unpaired) electrons. The predicted molar refractivity (Wildman–Crippen MR) is 115 cm³/mol. The molecule has 0 atom stereocenters. The van der Waals surface area contributed by atoms with Gasteiger partial charge in [-0.05, 0) is 50.2 Å². The normalized spacial score (nSPS) is 10.8. The van der Waals surface area contributed by atoms with Crippen LogP contribution in [0.15, 0.2) is 59.7 Å². The van der Waals surface area contributed by atoms with Gasteiger partial charge in [0.25, 0.3) is 5.91 Å². The Morgan fingerprint density at radius 3 is 2.53 bits per heavy atom. The summed E-state index contributed by atoms with van der Waals surface area (Å²) in [5.74, 6) is -0.145.